The van der Waals surface area contributed by atoms with Crippen LogP contribution in [0.2, 0.25) is 0 Å². The van der Waals surface area contributed by atoms with Crippen LogP contribution in [0.4, 0.5) is 5.69 Å². The van der Waals surface area contributed by atoms with Crippen molar-refractivity contribution in [2.75, 3.05) is 19.0 Å². The number of carbonyl (C=O) groups is 1. The lowest BCUT2D eigenvalue weighted by Crippen LogP contribution is -2.39. The summed E-state index contributed by atoms with van der Waals surface area (Å²) in [5.41, 5.74) is 2.27. The molecule has 5 nitrogen and oxygen atoms in total. The number of ether oxygens (including phenoxy) is 2. The summed E-state index contributed by atoms with van der Waals surface area (Å²) >= 11 is 5.31. The lowest BCUT2D eigenvalue weighted by molar-refractivity contribution is 0.0601. The van der Waals surface area contributed by atoms with E-state index >= 15 is 0 Å². The van der Waals surface area contributed by atoms with Gasteiger partial charge in [0.2, 0.25) is 0 Å². The normalized spacial score (nSPS) is 11.3. The highest BCUT2D eigenvalue weighted by molar-refractivity contribution is 7.80. The number of aryl methyl sites for hydroxylation is 1. The van der Waals surface area contributed by atoms with Crippen LogP contribution in [0, 0.1) is 6.92 Å². The van der Waals surface area contributed by atoms with E-state index in [2.05, 4.69) is 10.6 Å². The molecule has 0 aliphatic rings. The van der Waals surface area contributed by atoms with Gasteiger partial charge in [0.25, 0.3) is 0 Å². The van der Waals surface area contributed by atoms with Crippen LogP contribution in [-0.2, 0) is 4.74 Å². The average Bonchev–Trinajstić information content (AvgIpc) is 2.60. The molecule has 0 spiro atoms. The highest BCUT2D eigenvalue weighted by Gasteiger charge is 2.09. The minimum atomic E-state index is -0.387. The standard InChI is InChI=1S/C19H22N2O3S/c1-13-7-4-5-10-17(13)24-12-14(2)20-19(25)21-16-9-6-8-15(11-16)18(22)23-3/h4-11,14H,12H2,1-3H3,(H2,20,21,25)/t14-/m1/s1. The zero-order valence-electron chi connectivity index (χ0n) is 14.5. The molecular weight excluding hydrogens is 336 g/mol. The van der Waals surface area contributed by atoms with Crippen LogP contribution in [0.1, 0.15) is 22.8 Å². The van der Waals surface area contributed by atoms with E-state index in [-0.39, 0.29) is 12.0 Å². The molecule has 2 N–H and O–H groups in total. The van der Waals surface area contributed by atoms with E-state index in [0.717, 1.165) is 11.3 Å². The molecule has 2 rings (SSSR count). The van der Waals surface area contributed by atoms with Crippen molar-refractivity contribution >= 4 is 29.0 Å². The second-order valence-electron chi connectivity index (χ2n) is 5.65. The summed E-state index contributed by atoms with van der Waals surface area (Å²) < 4.78 is 10.5. The maximum atomic E-state index is 11.6. The number of esters is 1. The molecule has 0 bridgehead atoms. The summed E-state index contributed by atoms with van der Waals surface area (Å²) in [5, 5.41) is 6.68. The summed E-state index contributed by atoms with van der Waals surface area (Å²) in [7, 11) is 1.35. The van der Waals surface area contributed by atoms with Crippen molar-refractivity contribution in [3.8, 4) is 5.75 Å². The van der Waals surface area contributed by atoms with E-state index in [1.54, 1.807) is 18.2 Å². The van der Waals surface area contributed by atoms with E-state index in [9.17, 15) is 4.79 Å². The first kappa shape index (κ1) is 18.7. The zero-order chi connectivity index (χ0) is 18.2. The molecule has 0 heterocycles. The molecule has 0 saturated heterocycles. The Bertz CT molecular complexity index is 749. The van der Waals surface area contributed by atoms with Crippen molar-refractivity contribution in [2.45, 2.75) is 19.9 Å². The molecule has 0 aliphatic heterocycles. The largest absolute Gasteiger partial charge is 0.491 e. The number of hydrogen-bond acceptors (Lipinski definition) is 4. The Labute approximate surface area is 153 Å². The number of rotatable bonds is 6. The van der Waals surface area contributed by atoms with Crippen LogP contribution in [-0.4, -0.2) is 30.8 Å². The molecule has 0 aromatic heterocycles. The fourth-order valence-corrected chi connectivity index (χ4v) is 2.53. The van der Waals surface area contributed by atoms with Crippen LogP contribution in [0.5, 0.6) is 5.75 Å². The molecule has 0 fully saturated rings. The smallest absolute Gasteiger partial charge is 0.337 e. The summed E-state index contributed by atoms with van der Waals surface area (Å²) in [6.07, 6.45) is 0. The Morgan fingerprint density at radius 1 is 1.20 bits per heavy atom. The SMILES string of the molecule is COC(=O)c1cccc(NC(=S)N[C@H](C)COc2ccccc2C)c1. The van der Waals surface area contributed by atoms with Gasteiger partial charge in [-0.1, -0.05) is 24.3 Å². The first-order valence-corrected chi connectivity index (χ1v) is 8.34. The van der Waals surface area contributed by atoms with Crippen molar-refractivity contribution in [1.82, 2.24) is 5.32 Å². The van der Waals surface area contributed by atoms with Crippen molar-refractivity contribution < 1.29 is 14.3 Å². The summed E-state index contributed by atoms with van der Waals surface area (Å²) in [6, 6.07) is 14.9. The van der Waals surface area contributed by atoms with Crippen molar-refractivity contribution in [3.63, 3.8) is 0 Å². The van der Waals surface area contributed by atoms with Crippen LogP contribution in [0.15, 0.2) is 48.5 Å². The lowest BCUT2D eigenvalue weighted by Gasteiger charge is -2.18. The van der Waals surface area contributed by atoms with Crippen molar-refractivity contribution in [1.29, 1.82) is 0 Å². The van der Waals surface area contributed by atoms with Gasteiger partial charge in [0.15, 0.2) is 5.11 Å². The minimum Gasteiger partial charge on any atom is -0.491 e. The molecule has 2 aromatic rings. The molecule has 2 aromatic carbocycles. The fraction of sp³-hybridized carbons (Fsp3) is 0.263. The number of carbonyl (C=O) groups excluding carboxylic acids is 1. The molecular formula is C19H22N2O3S. The van der Waals surface area contributed by atoms with E-state index in [1.165, 1.54) is 7.11 Å². The Hall–Kier alpha value is -2.60. The molecule has 0 amide bonds. The van der Waals surface area contributed by atoms with Gasteiger partial charge in [0, 0.05) is 5.69 Å². The summed E-state index contributed by atoms with van der Waals surface area (Å²) in [6.45, 7) is 4.47. The van der Waals surface area contributed by atoms with Gasteiger partial charge in [-0.15, -0.1) is 0 Å². The summed E-state index contributed by atoms with van der Waals surface area (Å²) in [5.74, 6) is 0.475. The van der Waals surface area contributed by atoms with Gasteiger partial charge in [-0.3, -0.25) is 0 Å². The molecule has 1 atom stereocenters. The van der Waals surface area contributed by atoms with Crippen LogP contribution >= 0.6 is 12.2 Å². The second kappa shape index (κ2) is 9.03. The van der Waals surface area contributed by atoms with E-state index in [4.69, 9.17) is 21.7 Å². The molecule has 0 saturated carbocycles. The first-order chi connectivity index (χ1) is 12.0. The number of hydrogen-bond donors (Lipinski definition) is 2. The van der Waals surface area contributed by atoms with Crippen LogP contribution in [0.3, 0.4) is 0 Å². The van der Waals surface area contributed by atoms with Gasteiger partial charge in [0.05, 0.1) is 18.7 Å². The fourth-order valence-electron chi connectivity index (χ4n) is 2.21. The Morgan fingerprint density at radius 3 is 2.68 bits per heavy atom. The first-order valence-electron chi connectivity index (χ1n) is 7.94. The van der Waals surface area contributed by atoms with Gasteiger partial charge in [0.1, 0.15) is 12.4 Å². The van der Waals surface area contributed by atoms with Crippen LogP contribution in [0.25, 0.3) is 0 Å². The van der Waals surface area contributed by atoms with Gasteiger partial charge < -0.3 is 20.1 Å². The number of para-hydroxylation sites is 1. The highest BCUT2D eigenvalue weighted by atomic mass is 32.1. The number of thiocarbonyl (C=S) groups is 1. The van der Waals surface area contributed by atoms with E-state index in [1.807, 2.05) is 44.2 Å². The van der Waals surface area contributed by atoms with Gasteiger partial charge >= 0.3 is 5.97 Å². The predicted molar refractivity (Wildman–Crippen MR) is 103 cm³/mol. The van der Waals surface area contributed by atoms with Crippen LogP contribution < -0.4 is 15.4 Å². The zero-order valence-corrected chi connectivity index (χ0v) is 15.4. The molecule has 132 valence electrons. The second-order valence-corrected chi connectivity index (χ2v) is 6.06. The predicted octanol–water partition coefficient (Wildman–Crippen LogP) is 3.54. The number of nitrogens with one attached hydrogen (secondary N) is 2. The minimum absolute atomic E-state index is 0.0170. The van der Waals surface area contributed by atoms with E-state index < -0.39 is 0 Å². The molecule has 0 radical (unpaired) electrons. The Morgan fingerprint density at radius 2 is 1.96 bits per heavy atom. The summed E-state index contributed by atoms with van der Waals surface area (Å²) in [4.78, 5) is 11.6. The third kappa shape index (κ3) is 5.76. The topological polar surface area (TPSA) is 59.6 Å². The number of anilines is 1. The molecule has 0 unspecified atom stereocenters. The molecule has 25 heavy (non-hydrogen) atoms. The quantitative estimate of drug-likeness (QED) is 0.608. The third-order valence-corrected chi connectivity index (χ3v) is 3.72. The molecule has 0 aliphatic carbocycles. The van der Waals surface area contributed by atoms with E-state index in [0.29, 0.717) is 23.0 Å². The highest BCUT2D eigenvalue weighted by Crippen LogP contribution is 2.16. The number of methoxy groups -OCH3 is 1. The van der Waals surface area contributed by atoms with Crippen molar-refractivity contribution in [3.05, 3.63) is 59.7 Å². The maximum absolute atomic E-state index is 11.6. The van der Waals surface area contributed by atoms with Gasteiger partial charge in [-0.2, -0.15) is 0 Å². The lowest BCUT2D eigenvalue weighted by atomic mass is 10.2. The Balaban J connectivity index is 1.85. The third-order valence-electron chi connectivity index (χ3n) is 3.50. The maximum Gasteiger partial charge on any atom is 0.337 e. The monoisotopic (exact) mass is 358 g/mol. The van der Waals surface area contributed by atoms with Crippen molar-refractivity contribution in [2.24, 2.45) is 0 Å². The van der Waals surface area contributed by atoms with Gasteiger partial charge in [-0.05, 0) is 55.9 Å². The molecule has 6 heteroatoms. The number of benzene rings is 2. The average molecular weight is 358 g/mol. The Kier molecular flexibility index (Phi) is 6.77. The van der Waals surface area contributed by atoms with Gasteiger partial charge in [-0.25, -0.2) is 4.79 Å².